The Morgan fingerprint density at radius 3 is 2.64 bits per heavy atom. The van der Waals surface area contributed by atoms with Crippen LogP contribution < -0.4 is 5.32 Å². The third kappa shape index (κ3) is 2.30. The molecular formula is C7H16ClNO2. The van der Waals surface area contributed by atoms with E-state index in [1.54, 1.807) is 0 Å². The van der Waals surface area contributed by atoms with E-state index in [0.717, 1.165) is 13.0 Å². The molecule has 0 aromatic rings. The number of aliphatic hydroxyl groups is 2. The van der Waals surface area contributed by atoms with Crippen LogP contribution in [-0.4, -0.2) is 36.0 Å². The maximum atomic E-state index is 9.41. The van der Waals surface area contributed by atoms with Crippen LogP contribution in [0.5, 0.6) is 0 Å². The molecule has 0 aromatic carbocycles. The Labute approximate surface area is 73.2 Å². The van der Waals surface area contributed by atoms with Gasteiger partial charge in [-0.3, -0.25) is 0 Å². The molecule has 1 aliphatic heterocycles. The van der Waals surface area contributed by atoms with Crippen LogP contribution in [0.15, 0.2) is 0 Å². The molecule has 1 aliphatic rings. The molecule has 1 saturated heterocycles. The van der Waals surface area contributed by atoms with E-state index in [0.29, 0.717) is 6.54 Å². The molecule has 2 atom stereocenters. The summed E-state index contributed by atoms with van der Waals surface area (Å²) in [4.78, 5) is 0. The van der Waals surface area contributed by atoms with E-state index in [-0.39, 0.29) is 24.4 Å². The van der Waals surface area contributed by atoms with E-state index >= 15 is 0 Å². The monoisotopic (exact) mass is 181 g/mol. The molecule has 0 saturated carbocycles. The first-order valence-corrected chi connectivity index (χ1v) is 3.69. The first-order chi connectivity index (χ1) is 4.69. The summed E-state index contributed by atoms with van der Waals surface area (Å²) in [5.74, 6) is 0. The highest BCUT2D eigenvalue weighted by Gasteiger charge is 2.34. The van der Waals surface area contributed by atoms with Crippen LogP contribution in [0.25, 0.3) is 0 Å². The zero-order valence-corrected chi connectivity index (χ0v) is 7.52. The second kappa shape index (κ2) is 4.26. The summed E-state index contributed by atoms with van der Waals surface area (Å²) in [6.45, 7) is 3.50. The van der Waals surface area contributed by atoms with Gasteiger partial charge in [0.05, 0.1) is 12.7 Å². The standard InChI is InChI=1S/C7H15NO2.ClH/c1-7(5-9)2-3-8-4-6(7)10;/h6,8-10H,2-5H2,1H3;1H/t6-,7+;/m1./s1. The Morgan fingerprint density at radius 2 is 2.27 bits per heavy atom. The molecule has 1 heterocycles. The summed E-state index contributed by atoms with van der Waals surface area (Å²) in [5.41, 5.74) is -0.273. The fourth-order valence-electron chi connectivity index (χ4n) is 1.21. The van der Waals surface area contributed by atoms with Crippen LogP contribution in [0.4, 0.5) is 0 Å². The highest BCUT2D eigenvalue weighted by Crippen LogP contribution is 2.26. The Bertz CT molecular complexity index is 123. The molecule has 68 valence electrons. The van der Waals surface area contributed by atoms with E-state index < -0.39 is 6.10 Å². The lowest BCUT2D eigenvalue weighted by molar-refractivity contribution is -0.0254. The normalized spacial score (nSPS) is 37.9. The van der Waals surface area contributed by atoms with Crippen molar-refractivity contribution >= 4 is 12.4 Å². The Hall–Kier alpha value is 0.170. The molecule has 0 bridgehead atoms. The molecule has 0 radical (unpaired) electrons. The number of rotatable bonds is 1. The number of halogens is 1. The Kier molecular flexibility index (Phi) is 4.32. The minimum Gasteiger partial charge on any atom is -0.396 e. The van der Waals surface area contributed by atoms with Crippen LogP contribution in [0.2, 0.25) is 0 Å². The van der Waals surface area contributed by atoms with Crippen molar-refractivity contribution < 1.29 is 10.2 Å². The number of hydrogen-bond donors (Lipinski definition) is 3. The summed E-state index contributed by atoms with van der Waals surface area (Å²) in [6, 6.07) is 0. The Morgan fingerprint density at radius 1 is 1.64 bits per heavy atom. The molecule has 0 unspecified atom stereocenters. The summed E-state index contributed by atoms with van der Waals surface area (Å²) in [5, 5.41) is 21.4. The largest absolute Gasteiger partial charge is 0.396 e. The molecule has 0 aromatic heterocycles. The van der Waals surface area contributed by atoms with Crippen molar-refractivity contribution in [1.29, 1.82) is 0 Å². The Balaban J connectivity index is 0.000001000. The van der Waals surface area contributed by atoms with Gasteiger partial charge in [-0.15, -0.1) is 12.4 Å². The van der Waals surface area contributed by atoms with Gasteiger partial charge in [-0.05, 0) is 13.0 Å². The predicted octanol–water partition coefficient (Wildman–Crippen LogP) is -0.239. The molecule has 0 aliphatic carbocycles. The molecule has 1 fully saturated rings. The molecule has 4 heteroatoms. The van der Waals surface area contributed by atoms with Gasteiger partial charge in [0.1, 0.15) is 0 Å². The highest BCUT2D eigenvalue weighted by molar-refractivity contribution is 5.85. The zero-order valence-electron chi connectivity index (χ0n) is 6.71. The number of hydrogen-bond acceptors (Lipinski definition) is 3. The van der Waals surface area contributed by atoms with Gasteiger partial charge in [0, 0.05) is 12.0 Å². The van der Waals surface area contributed by atoms with Gasteiger partial charge in [-0.25, -0.2) is 0 Å². The highest BCUT2D eigenvalue weighted by atomic mass is 35.5. The summed E-state index contributed by atoms with van der Waals surface area (Å²) in [6.07, 6.45) is 0.455. The summed E-state index contributed by atoms with van der Waals surface area (Å²) < 4.78 is 0. The van der Waals surface area contributed by atoms with E-state index in [4.69, 9.17) is 5.11 Å². The van der Waals surface area contributed by atoms with Crippen LogP contribution in [0, 0.1) is 5.41 Å². The first kappa shape index (κ1) is 11.2. The zero-order chi connectivity index (χ0) is 7.61. The number of piperidine rings is 1. The molecule has 0 amide bonds. The lowest BCUT2D eigenvalue weighted by Crippen LogP contribution is -2.49. The minimum absolute atomic E-state index is 0. The molecule has 0 spiro atoms. The average molecular weight is 182 g/mol. The molecule has 1 rings (SSSR count). The third-order valence-corrected chi connectivity index (χ3v) is 2.38. The fourth-order valence-corrected chi connectivity index (χ4v) is 1.21. The van der Waals surface area contributed by atoms with Crippen LogP contribution in [0.1, 0.15) is 13.3 Å². The van der Waals surface area contributed by atoms with Gasteiger partial charge in [-0.1, -0.05) is 6.92 Å². The minimum atomic E-state index is -0.397. The van der Waals surface area contributed by atoms with Crippen molar-refractivity contribution in [1.82, 2.24) is 5.32 Å². The van der Waals surface area contributed by atoms with Crippen LogP contribution in [0.3, 0.4) is 0 Å². The third-order valence-electron chi connectivity index (χ3n) is 2.38. The van der Waals surface area contributed by atoms with E-state index in [9.17, 15) is 5.11 Å². The second-order valence-electron chi connectivity index (χ2n) is 3.28. The van der Waals surface area contributed by atoms with E-state index in [1.807, 2.05) is 6.92 Å². The van der Waals surface area contributed by atoms with Gasteiger partial charge >= 0.3 is 0 Å². The fraction of sp³-hybridized carbons (Fsp3) is 1.00. The van der Waals surface area contributed by atoms with Gasteiger partial charge in [0.2, 0.25) is 0 Å². The van der Waals surface area contributed by atoms with Gasteiger partial charge in [0.25, 0.3) is 0 Å². The topological polar surface area (TPSA) is 52.5 Å². The lowest BCUT2D eigenvalue weighted by atomic mass is 9.79. The van der Waals surface area contributed by atoms with Gasteiger partial charge in [0.15, 0.2) is 0 Å². The van der Waals surface area contributed by atoms with Crippen LogP contribution in [-0.2, 0) is 0 Å². The van der Waals surface area contributed by atoms with Gasteiger partial charge < -0.3 is 15.5 Å². The van der Waals surface area contributed by atoms with Gasteiger partial charge in [-0.2, -0.15) is 0 Å². The quantitative estimate of drug-likeness (QED) is 0.524. The number of aliphatic hydroxyl groups excluding tert-OH is 2. The van der Waals surface area contributed by atoms with Crippen molar-refractivity contribution in [2.24, 2.45) is 5.41 Å². The predicted molar refractivity (Wildman–Crippen MR) is 45.9 cm³/mol. The van der Waals surface area contributed by atoms with Crippen molar-refractivity contribution in [2.75, 3.05) is 19.7 Å². The summed E-state index contributed by atoms with van der Waals surface area (Å²) in [7, 11) is 0. The molecule has 3 N–H and O–H groups in total. The average Bonchev–Trinajstić information content (AvgIpc) is 1.96. The smallest absolute Gasteiger partial charge is 0.0740 e. The molecule has 3 nitrogen and oxygen atoms in total. The van der Waals surface area contributed by atoms with Crippen molar-refractivity contribution in [3.8, 4) is 0 Å². The number of nitrogens with one attached hydrogen (secondary N) is 1. The maximum absolute atomic E-state index is 9.41. The van der Waals surface area contributed by atoms with E-state index in [1.165, 1.54) is 0 Å². The second-order valence-corrected chi connectivity index (χ2v) is 3.28. The molecular weight excluding hydrogens is 166 g/mol. The molecule has 11 heavy (non-hydrogen) atoms. The van der Waals surface area contributed by atoms with E-state index in [2.05, 4.69) is 5.32 Å². The maximum Gasteiger partial charge on any atom is 0.0740 e. The van der Waals surface area contributed by atoms with Crippen LogP contribution >= 0.6 is 12.4 Å². The van der Waals surface area contributed by atoms with Crippen molar-refractivity contribution in [2.45, 2.75) is 19.4 Å². The lowest BCUT2D eigenvalue weighted by Gasteiger charge is -2.37. The van der Waals surface area contributed by atoms with Crippen molar-refractivity contribution in [3.63, 3.8) is 0 Å². The summed E-state index contributed by atoms with van der Waals surface area (Å²) >= 11 is 0. The SMILES string of the molecule is C[C@@]1(CO)CCNC[C@H]1O.Cl. The van der Waals surface area contributed by atoms with Crippen molar-refractivity contribution in [3.05, 3.63) is 0 Å². The number of β-amino-alcohol motifs (C(OH)–C–C–N with tert-alkyl or cyclic N) is 1. The first-order valence-electron chi connectivity index (χ1n) is 3.69.